The van der Waals surface area contributed by atoms with Crippen molar-refractivity contribution >= 4 is 46.4 Å². The van der Waals surface area contributed by atoms with Gasteiger partial charge in [-0.15, -0.1) is 35.5 Å². The first-order valence-corrected chi connectivity index (χ1v) is 9.74. The lowest BCUT2D eigenvalue weighted by atomic mass is 10.0. The maximum Gasteiger partial charge on any atom is 0.258 e. The van der Waals surface area contributed by atoms with Crippen LogP contribution in [0.2, 0.25) is 0 Å². The Morgan fingerprint density at radius 1 is 1.50 bits per heavy atom. The Kier molecular flexibility index (Phi) is 7.09. The fourth-order valence-electron chi connectivity index (χ4n) is 2.97. The van der Waals surface area contributed by atoms with E-state index in [-0.39, 0.29) is 29.9 Å². The minimum atomic E-state index is -0.0759. The second-order valence-corrected chi connectivity index (χ2v) is 7.59. The molecule has 2 heterocycles. The van der Waals surface area contributed by atoms with Crippen LogP contribution in [-0.4, -0.2) is 33.6 Å². The molecule has 0 aromatic carbocycles. The van der Waals surface area contributed by atoms with E-state index in [0.717, 1.165) is 25.0 Å². The number of thioether (sulfide) groups is 1. The van der Waals surface area contributed by atoms with Gasteiger partial charge in [-0.3, -0.25) is 14.0 Å². The van der Waals surface area contributed by atoms with Crippen LogP contribution in [-0.2, 0) is 10.5 Å². The number of fused-ring (bicyclic) bond motifs is 1. The summed E-state index contributed by atoms with van der Waals surface area (Å²) in [5.74, 6) is 1.38. The normalized spacial score (nSPS) is 20.0. The Balaban J connectivity index is 0.00000208. The molecule has 0 saturated heterocycles. The van der Waals surface area contributed by atoms with Crippen LogP contribution in [0.5, 0.6) is 0 Å². The third kappa shape index (κ3) is 4.50. The lowest BCUT2D eigenvalue weighted by Crippen LogP contribution is -2.40. The number of carbonyl (C=O) groups is 1. The smallest absolute Gasteiger partial charge is 0.258 e. The number of nitrogens with zero attached hydrogens (tertiary/aromatic N) is 2. The molecule has 3 N–H and O–H groups in total. The van der Waals surface area contributed by atoms with E-state index in [1.54, 1.807) is 6.20 Å². The Morgan fingerprint density at radius 2 is 2.33 bits per heavy atom. The van der Waals surface area contributed by atoms with Gasteiger partial charge in [-0.2, -0.15) is 0 Å². The molecule has 9 heteroatoms. The summed E-state index contributed by atoms with van der Waals surface area (Å²) >= 11 is 2.91. The molecule has 1 amide bonds. The van der Waals surface area contributed by atoms with Gasteiger partial charge in [0.05, 0.1) is 11.4 Å². The van der Waals surface area contributed by atoms with Gasteiger partial charge in [0.2, 0.25) is 5.91 Å². The fraction of sp³-hybridized carbons (Fsp3) is 0.533. The number of hydrogen-bond acceptors (Lipinski definition) is 6. The van der Waals surface area contributed by atoms with Crippen molar-refractivity contribution in [3.8, 4) is 0 Å². The number of halogens is 1. The van der Waals surface area contributed by atoms with Crippen LogP contribution in [0.1, 0.15) is 25.0 Å². The number of aromatic nitrogens is 2. The molecular formula is C15H21ClN4O2S2. The van der Waals surface area contributed by atoms with Crippen molar-refractivity contribution in [3.63, 3.8) is 0 Å². The maximum absolute atomic E-state index is 12.0. The molecule has 1 fully saturated rings. The van der Waals surface area contributed by atoms with Crippen LogP contribution in [0.3, 0.4) is 0 Å². The van der Waals surface area contributed by atoms with Crippen molar-refractivity contribution in [2.24, 2.45) is 11.7 Å². The lowest BCUT2D eigenvalue weighted by Gasteiger charge is -2.19. The third-order valence-corrected chi connectivity index (χ3v) is 5.87. The summed E-state index contributed by atoms with van der Waals surface area (Å²) in [5.41, 5.74) is 6.37. The summed E-state index contributed by atoms with van der Waals surface area (Å²) in [4.78, 5) is 29.0. The maximum atomic E-state index is 12.0. The molecule has 1 saturated carbocycles. The highest BCUT2D eigenvalue weighted by atomic mass is 35.5. The van der Waals surface area contributed by atoms with Crippen molar-refractivity contribution in [1.29, 1.82) is 0 Å². The van der Waals surface area contributed by atoms with Gasteiger partial charge in [0.15, 0.2) is 4.96 Å². The predicted molar refractivity (Wildman–Crippen MR) is 101 cm³/mol. The SMILES string of the molecule is Cl.NCC1CCCC1NC(=O)CSCc1cc(=O)n2ccsc2n1. The molecule has 2 aromatic heterocycles. The minimum Gasteiger partial charge on any atom is -0.352 e. The summed E-state index contributed by atoms with van der Waals surface area (Å²) in [6.45, 7) is 0.632. The van der Waals surface area contributed by atoms with Gasteiger partial charge < -0.3 is 11.1 Å². The zero-order valence-corrected chi connectivity index (χ0v) is 15.6. The first-order chi connectivity index (χ1) is 11.2. The van der Waals surface area contributed by atoms with E-state index in [2.05, 4.69) is 10.3 Å². The average Bonchev–Trinajstić information content (AvgIpc) is 3.16. The molecule has 2 atom stereocenters. The van der Waals surface area contributed by atoms with E-state index < -0.39 is 0 Å². The summed E-state index contributed by atoms with van der Waals surface area (Å²) < 4.78 is 1.53. The Labute approximate surface area is 154 Å². The first-order valence-electron chi connectivity index (χ1n) is 7.70. The molecule has 0 aliphatic heterocycles. The number of thiazole rings is 1. The highest BCUT2D eigenvalue weighted by molar-refractivity contribution is 7.99. The van der Waals surface area contributed by atoms with Gasteiger partial charge in [-0.05, 0) is 25.3 Å². The summed E-state index contributed by atoms with van der Waals surface area (Å²) in [6, 6.07) is 1.75. The fourth-order valence-corrected chi connectivity index (χ4v) is 4.43. The van der Waals surface area contributed by atoms with Gasteiger partial charge in [-0.25, -0.2) is 4.98 Å². The molecule has 2 unspecified atom stereocenters. The molecule has 0 bridgehead atoms. The quantitative estimate of drug-likeness (QED) is 0.785. The first kappa shape index (κ1) is 19.2. The van der Waals surface area contributed by atoms with E-state index in [9.17, 15) is 9.59 Å². The van der Waals surface area contributed by atoms with Gasteiger partial charge in [0.1, 0.15) is 0 Å². The summed E-state index contributed by atoms with van der Waals surface area (Å²) in [6.07, 6.45) is 4.97. The van der Waals surface area contributed by atoms with Crippen LogP contribution in [0, 0.1) is 5.92 Å². The van der Waals surface area contributed by atoms with Crippen LogP contribution < -0.4 is 16.6 Å². The second-order valence-electron chi connectivity index (χ2n) is 5.73. The van der Waals surface area contributed by atoms with E-state index >= 15 is 0 Å². The van der Waals surface area contributed by atoms with Crippen LogP contribution in [0.25, 0.3) is 4.96 Å². The monoisotopic (exact) mass is 388 g/mol. The van der Waals surface area contributed by atoms with Crippen molar-refractivity contribution in [2.75, 3.05) is 12.3 Å². The van der Waals surface area contributed by atoms with Crippen LogP contribution in [0.4, 0.5) is 0 Å². The molecule has 1 aliphatic rings. The Bertz CT molecular complexity index is 748. The molecule has 1 aliphatic carbocycles. The number of nitrogens with two attached hydrogens (primary N) is 1. The molecule has 0 radical (unpaired) electrons. The Hall–Kier alpha value is -1.09. The summed E-state index contributed by atoms with van der Waals surface area (Å²) in [7, 11) is 0. The average molecular weight is 389 g/mol. The standard InChI is InChI=1S/C15H20N4O2S2.ClH/c16-7-10-2-1-3-12(10)18-13(20)9-22-8-11-6-14(21)19-4-5-23-15(19)17-11;/h4-6,10,12H,1-3,7-9,16H2,(H,18,20);1H. The number of hydrogen-bond donors (Lipinski definition) is 2. The molecule has 0 spiro atoms. The topological polar surface area (TPSA) is 89.5 Å². The predicted octanol–water partition coefficient (Wildman–Crippen LogP) is 1.65. The van der Waals surface area contributed by atoms with Gasteiger partial charge in [0, 0.05) is 29.4 Å². The minimum absolute atomic E-state index is 0. The molecule has 3 rings (SSSR count). The highest BCUT2D eigenvalue weighted by Gasteiger charge is 2.27. The largest absolute Gasteiger partial charge is 0.352 e. The molecule has 2 aromatic rings. The number of amides is 1. The second kappa shape index (κ2) is 8.84. The zero-order chi connectivity index (χ0) is 16.2. The lowest BCUT2D eigenvalue weighted by molar-refractivity contribution is -0.119. The van der Waals surface area contributed by atoms with Crippen LogP contribution >= 0.6 is 35.5 Å². The van der Waals surface area contributed by atoms with E-state index in [4.69, 9.17) is 5.73 Å². The molecule has 6 nitrogen and oxygen atoms in total. The third-order valence-electron chi connectivity index (χ3n) is 4.15. The molecule has 132 valence electrons. The number of nitrogens with one attached hydrogen (secondary N) is 1. The molecular weight excluding hydrogens is 368 g/mol. The van der Waals surface area contributed by atoms with Crippen molar-refractivity contribution in [2.45, 2.75) is 31.1 Å². The van der Waals surface area contributed by atoms with E-state index in [1.165, 1.54) is 33.6 Å². The Morgan fingerprint density at radius 3 is 3.12 bits per heavy atom. The molecule has 24 heavy (non-hydrogen) atoms. The number of rotatable bonds is 6. The van der Waals surface area contributed by atoms with Gasteiger partial charge in [0.25, 0.3) is 5.56 Å². The summed E-state index contributed by atoms with van der Waals surface area (Å²) in [5, 5.41) is 4.92. The highest BCUT2D eigenvalue weighted by Crippen LogP contribution is 2.24. The van der Waals surface area contributed by atoms with E-state index in [0.29, 0.717) is 28.9 Å². The van der Waals surface area contributed by atoms with Crippen molar-refractivity contribution in [3.05, 3.63) is 33.7 Å². The van der Waals surface area contributed by atoms with Crippen molar-refractivity contribution in [1.82, 2.24) is 14.7 Å². The van der Waals surface area contributed by atoms with Crippen molar-refractivity contribution < 1.29 is 4.79 Å². The zero-order valence-electron chi connectivity index (χ0n) is 13.1. The van der Waals surface area contributed by atoms with E-state index in [1.807, 2.05) is 5.38 Å². The number of carbonyl (C=O) groups excluding carboxylic acids is 1. The van der Waals surface area contributed by atoms with Gasteiger partial charge in [-0.1, -0.05) is 6.42 Å². The van der Waals surface area contributed by atoms with Gasteiger partial charge >= 0.3 is 0 Å². The van der Waals surface area contributed by atoms with Crippen LogP contribution in [0.15, 0.2) is 22.4 Å².